The highest BCUT2D eigenvalue weighted by molar-refractivity contribution is 7.10. The van der Waals surface area contributed by atoms with Crippen molar-refractivity contribution in [1.29, 1.82) is 0 Å². The fourth-order valence-corrected chi connectivity index (χ4v) is 2.60. The molecule has 84 valence electrons. The highest BCUT2D eigenvalue weighted by atomic mass is 35.5. The maximum absolute atomic E-state index is 6.06. The molecular formula is C10H11ClN4S. The molecule has 4 nitrogen and oxygen atoms in total. The molecule has 0 aliphatic heterocycles. The molecule has 0 aliphatic rings. The molecule has 6 heteroatoms. The van der Waals surface area contributed by atoms with Gasteiger partial charge in [0.2, 0.25) is 0 Å². The van der Waals surface area contributed by atoms with Gasteiger partial charge in [0.05, 0.1) is 22.6 Å². The van der Waals surface area contributed by atoms with Crippen LogP contribution in [0.4, 0.5) is 0 Å². The van der Waals surface area contributed by atoms with E-state index in [9.17, 15) is 0 Å². The van der Waals surface area contributed by atoms with E-state index in [-0.39, 0.29) is 6.04 Å². The number of aromatic nitrogens is 2. The second-order valence-corrected chi connectivity index (χ2v) is 4.67. The Hall–Kier alpha value is -1.01. The topological polar surface area (TPSA) is 63.8 Å². The quantitative estimate of drug-likeness (QED) is 0.650. The molecule has 0 aromatic carbocycles. The molecule has 2 aromatic rings. The van der Waals surface area contributed by atoms with Crippen molar-refractivity contribution < 1.29 is 0 Å². The van der Waals surface area contributed by atoms with Crippen LogP contribution in [0.5, 0.6) is 0 Å². The zero-order chi connectivity index (χ0) is 11.5. The molecule has 0 radical (unpaired) electrons. The van der Waals surface area contributed by atoms with Gasteiger partial charge in [0.1, 0.15) is 6.04 Å². The molecule has 0 bridgehead atoms. The molecule has 0 saturated carbocycles. The van der Waals surface area contributed by atoms with Gasteiger partial charge in [-0.1, -0.05) is 11.6 Å². The summed E-state index contributed by atoms with van der Waals surface area (Å²) in [4.78, 5) is 9.43. The van der Waals surface area contributed by atoms with Crippen molar-refractivity contribution in [2.75, 3.05) is 0 Å². The number of hydrogen-bond donors (Lipinski definition) is 2. The number of thiophene rings is 1. The van der Waals surface area contributed by atoms with Crippen LogP contribution in [0.15, 0.2) is 23.8 Å². The minimum absolute atomic E-state index is 0.208. The maximum atomic E-state index is 6.06. The van der Waals surface area contributed by atoms with E-state index < -0.39 is 0 Å². The maximum Gasteiger partial charge on any atom is 0.100 e. The lowest BCUT2D eigenvalue weighted by molar-refractivity contribution is 0.626. The largest absolute Gasteiger partial charge is 0.270 e. The van der Waals surface area contributed by atoms with Crippen LogP contribution in [-0.2, 0) is 0 Å². The Morgan fingerprint density at radius 3 is 2.75 bits per heavy atom. The molecule has 1 atom stereocenters. The van der Waals surface area contributed by atoms with Gasteiger partial charge in [-0.2, -0.15) is 0 Å². The van der Waals surface area contributed by atoms with Gasteiger partial charge in [-0.15, -0.1) is 11.3 Å². The number of hydrazine groups is 1. The van der Waals surface area contributed by atoms with E-state index in [1.54, 1.807) is 12.4 Å². The van der Waals surface area contributed by atoms with E-state index in [4.69, 9.17) is 17.4 Å². The van der Waals surface area contributed by atoms with Crippen molar-refractivity contribution in [3.05, 3.63) is 45.1 Å². The minimum atomic E-state index is -0.208. The fourth-order valence-electron chi connectivity index (χ4n) is 1.36. The van der Waals surface area contributed by atoms with Crippen LogP contribution in [0, 0.1) is 6.92 Å². The Bertz CT molecular complexity index is 468. The normalized spacial score (nSPS) is 12.7. The molecule has 0 aliphatic carbocycles. The third-order valence-electron chi connectivity index (χ3n) is 2.17. The molecule has 1 unspecified atom stereocenters. The summed E-state index contributed by atoms with van der Waals surface area (Å²) in [5, 5.41) is 2.61. The lowest BCUT2D eigenvalue weighted by Gasteiger charge is -2.13. The third kappa shape index (κ3) is 2.22. The second kappa shape index (κ2) is 4.88. The summed E-state index contributed by atoms with van der Waals surface area (Å²) in [7, 11) is 0. The van der Waals surface area contributed by atoms with Crippen LogP contribution in [0.2, 0.25) is 5.02 Å². The Morgan fingerprint density at radius 2 is 2.25 bits per heavy atom. The van der Waals surface area contributed by atoms with Gasteiger partial charge in [-0.3, -0.25) is 15.8 Å². The third-order valence-corrected chi connectivity index (χ3v) is 3.59. The molecular weight excluding hydrogens is 244 g/mol. The van der Waals surface area contributed by atoms with Gasteiger partial charge >= 0.3 is 0 Å². The molecule has 2 rings (SSSR count). The first-order valence-electron chi connectivity index (χ1n) is 4.70. The van der Waals surface area contributed by atoms with Crippen LogP contribution in [0.1, 0.15) is 22.3 Å². The lowest BCUT2D eigenvalue weighted by atomic mass is 10.2. The van der Waals surface area contributed by atoms with Gasteiger partial charge in [0, 0.05) is 11.1 Å². The molecule has 2 heterocycles. The molecule has 0 spiro atoms. The summed E-state index contributed by atoms with van der Waals surface area (Å²) < 4.78 is 0. The van der Waals surface area contributed by atoms with E-state index in [0.717, 1.165) is 16.3 Å². The van der Waals surface area contributed by atoms with Crippen molar-refractivity contribution in [3.8, 4) is 0 Å². The number of nitrogens with one attached hydrogen (secondary N) is 1. The number of nitrogens with two attached hydrogens (primary N) is 1. The molecule has 0 saturated heterocycles. The summed E-state index contributed by atoms with van der Waals surface area (Å²) in [5.41, 5.74) is 4.34. The van der Waals surface area contributed by atoms with E-state index in [1.165, 1.54) is 11.3 Å². The SMILES string of the molecule is Cc1cnc(C(NN)c2sccc2Cl)cn1. The summed E-state index contributed by atoms with van der Waals surface area (Å²) in [5.74, 6) is 5.53. The molecule has 2 aromatic heterocycles. The van der Waals surface area contributed by atoms with Crippen molar-refractivity contribution in [2.24, 2.45) is 5.84 Å². The standard InChI is InChI=1S/C10H11ClN4S/c1-6-4-14-8(5-13-6)9(15-12)10-7(11)2-3-16-10/h2-5,9,15H,12H2,1H3. The zero-order valence-corrected chi connectivity index (χ0v) is 10.2. The summed E-state index contributed by atoms with van der Waals surface area (Å²) in [6.45, 7) is 1.89. The molecule has 3 N–H and O–H groups in total. The lowest BCUT2D eigenvalue weighted by Crippen LogP contribution is -2.29. The van der Waals surface area contributed by atoms with E-state index >= 15 is 0 Å². The number of hydrogen-bond acceptors (Lipinski definition) is 5. The Morgan fingerprint density at radius 1 is 1.44 bits per heavy atom. The minimum Gasteiger partial charge on any atom is -0.270 e. The van der Waals surface area contributed by atoms with Crippen molar-refractivity contribution in [1.82, 2.24) is 15.4 Å². The van der Waals surface area contributed by atoms with Crippen molar-refractivity contribution in [3.63, 3.8) is 0 Å². The average Bonchev–Trinajstić information content (AvgIpc) is 2.69. The van der Waals surface area contributed by atoms with Gasteiger partial charge < -0.3 is 0 Å². The van der Waals surface area contributed by atoms with Gasteiger partial charge in [-0.05, 0) is 18.4 Å². The van der Waals surface area contributed by atoms with Crippen LogP contribution in [0.25, 0.3) is 0 Å². The van der Waals surface area contributed by atoms with Crippen LogP contribution >= 0.6 is 22.9 Å². The Kier molecular flexibility index (Phi) is 3.50. The molecule has 0 fully saturated rings. The van der Waals surface area contributed by atoms with Gasteiger partial charge in [-0.25, -0.2) is 5.43 Å². The van der Waals surface area contributed by atoms with E-state index in [2.05, 4.69) is 15.4 Å². The van der Waals surface area contributed by atoms with Crippen LogP contribution in [0.3, 0.4) is 0 Å². The number of halogens is 1. The molecule has 16 heavy (non-hydrogen) atoms. The van der Waals surface area contributed by atoms with Crippen molar-refractivity contribution in [2.45, 2.75) is 13.0 Å². The smallest absolute Gasteiger partial charge is 0.100 e. The van der Waals surface area contributed by atoms with E-state index in [0.29, 0.717) is 5.02 Å². The van der Waals surface area contributed by atoms with E-state index in [1.807, 2.05) is 18.4 Å². The Balaban J connectivity index is 2.37. The number of rotatable bonds is 3. The first kappa shape index (κ1) is 11.5. The predicted octanol–water partition coefficient (Wildman–Crippen LogP) is 2.05. The van der Waals surface area contributed by atoms with Crippen LogP contribution in [-0.4, -0.2) is 9.97 Å². The van der Waals surface area contributed by atoms with Crippen LogP contribution < -0.4 is 11.3 Å². The zero-order valence-electron chi connectivity index (χ0n) is 8.64. The summed E-state index contributed by atoms with van der Waals surface area (Å²) in [6.07, 6.45) is 3.41. The second-order valence-electron chi connectivity index (χ2n) is 3.32. The highest BCUT2D eigenvalue weighted by Gasteiger charge is 2.18. The summed E-state index contributed by atoms with van der Waals surface area (Å²) >= 11 is 7.60. The highest BCUT2D eigenvalue weighted by Crippen LogP contribution is 2.31. The van der Waals surface area contributed by atoms with Crippen molar-refractivity contribution >= 4 is 22.9 Å². The first-order chi connectivity index (χ1) is 7.72. The molecule has 0 amide bonds. The summed E-state index contributed by atoms with van der Waals surface area (Å²) in [6, 6.07) is 1.63. The average molecular weight is 255 g/mol. The fraction of sp³-hybridized carbons (Fsp3) is 0.200. The number of aryl methyl sites for hydroxylation is 1. The monoisotopic (exact) mass is 254 g/mol. The Labute approximate surface area is 102 Å². The van der Waals surface area contributed by atoms with Gasteiger partial charge in [0.15, 0.2) is 0 Å². The predicted molar refractivity (Wildman–Crippen MR) is 65.3 cm³/mol. The van der Waals surface area contributed by atoms with Gasteiger partial charge in [0.25, 0.3) is 0 Å². The number of nitrogens with zero attached hydrogens (tertiary/aromatic N) is 2. The first-order valence-corrected chi connectivity index (χ1v) is 5.95.